The first-order chi connectivity index (χ1) is 12.4. The normalized spacial score (nSPS) is 10.2. The fourth-order valence-corrected chi connectivity index (χ4v) is 2.96. The van der Waals surface area contributed by atoms with Crippen LogP contribution in [0.15, 0.2) is 53.4 Å². The SMILES string of the molecule is CC(=O)Nc1ccc(C(=O)COC(=O)CCSc2ccc(C)cc2)cc1. The number of carbonyl (C=O) groups excluding carboxylic acids is 3. The Morgan fingerprint density at radius 1 is 1.00 bits per heavy atom. The van der Waals surface area contributed by atoms with Gasteiger partial charge in [0.25, 0.3) is 0 Å². The van der Waals surface area contributed by atoms with E-state index in [1.165, 1.54) is 12.5 Å². The summed E-state index contributed by atoms with van der Waals surface area (Å²) in [5, 5.41) is 2.62. The molecule has 0 saturated heterocycles. The van der Waals surface area contributed by atoms with Crippen LogP contribution in [0.2, 0.25) is 0 Å². The van der Waals surface area contributed by atoms with Crippen LogP contribution in [0.1, 0.15) is 29.3 Å². The van der Waals surface area contributed by atoms with Crippen molar-refractivity contribution in [2.45, 2.75) is 25.2 Å². The maximum Gasteiger partial charge on any atom is 0.307 e. The molecule has 2 aromatic rings. The summed E-state index contributed by atoms with van der Waals surface area (Å²) in [6.07, 6.45) is 0.243. The zero-order valence-electron chi connectivity index (χ0n) is 14.8. The molecule has 1 N–H and O–H groups in total. The highest BCUT2D eigenvalue weighted by Gasteiger charge is 2.10. The molecular formula is C20H21NO4S. The lowest BCUT2D eigenvalue weighted by Gasteiger charge is -2.06. The van der Waals surface area contributed by atoms with Crippen molar-refractivity contribution in [3.05, 3.63) is 59.7 Å². The van der Waals surface area contributed by atoms with Gasteiger partial charge in [-0.3, -0.25) is 14.4 Å². The summed E-state index contributed by atoms with van der Waals surface area (Å²) in [7, 11) is 0. The molecule has 0 radical (unpaired) electrons. The van der Waals surface area contributed by atoms with Gasteiger partial charge in [-0.25, -0.2) is 0 Å². The van der Waals surface area contributed by atoms with Gasteiger partial charge >= 0.3 is 5.97 Å². The minimum Gasteiger partial charge on any atom is -0.457 e. The maximum atomic E-state index is 12.0. The van der Waals surface area contributed by atoms with Crippen molar-refractivity contribution in [1.82, 2.24) is 0 Å². The minimum absolute atomic E-state index is 0.179. The molecule has 5 nitrogen and oxygen atoms in total. The van der Waals surface area contributed by atoms with Crippen molar-refractivity contribution in [3.63, 3.8) is 0 Å². The predicted octanol–water partition coefficient (Wildman–Crippen LogP) is 3.86. The lowest BCUT2D eigenvalue weighted by Crippen LogP contribution is -2.14. The Hall–Kier alpha value is -2.60. The van der Waals surface area contributed by atoms with E-state index in [0.717, 1.165) is 4.90 Å². The van der Waals surface area contributed by atoms with Gasteiger partial charge in [-0.1, -0.05) is 17.7 Å². The van der Waals surface area contributed by atoms with E-state index in [4.69, 9.17) is 4.74 Å². The number of aryl methyl sites for hydroxylation is 1. The van der Waals surface area contributed by atoms with Crippen LogP contribution in [-0.4, -0.2) is 30.0 Å². The van der Waals surface area contributed by atoms with E-state index >= 15 is 0 Å². The second kappa shape index (κ2) is 9.77. The first-order valence-corrected chi connectivity index (χ1v) is 9.18. The zero-order chi connectivity index (χ0) is 18.9. The second-order valence-corrected chi connectivity index (χ2v) is 6.92. The largest absolute Gasteiger partial charge is 0.457 e. The summed E-state index contributed by atoms with van der Waals surface area (Å²) in [5.41, 5.74) is 2.23. The quantitative estimate of drug-likeness (QED) is 0.433. The number of thioether (sulfide) groups is 1. The zero-order valence-corrected chi connectivity index (χ0v) is 15.6. The number of ether oxygens (including phenoxy) is 1. The van der Waals surface area contributed by atoms with Gasteiger partial charge in [-0.05, 0) is 43.3 Å². The minimum atomic E-state index is -0.396. The molecule has 1 amide bonds. The summed E-state index contributed by atoms with van der Waals surface area (Å²) in [5.74, 6) is -0.255. The molecule has 0 aliphatic rings. The van der Waals surface area contributed by atoms with Crippen molar-refractivity contribution in [2.24, 2.45) is 0 Å². The van der Waals surface area contributed by atoms with Crippen LogP contribution in [0.3, 0.4) is 0 Å². The molecule has 0 atom stereocenters. The highest BCUT2D eigenvalue weighted by atomic mass is 32.2. The van der Waals surface area contributed by atoms with Gasteiger partial charge in [0.1, 0.15) is 0 Å². The van der Waals surface area contributed by atoms with Crippen LogP contribution in [0.25, 0.3) is 0 Å². The first-order valence-electron chi connectivity index (χ1n) is 8.20. The van der Waals surface area contributed by atoms with Gasteiger partial charge in [-0.2, -0.15) is 0 Å². The fourth-order valence-electron chi connectivity index (χ4n) is 2.13. The van der Waals surface area contributed by atoms with Crippen LogP contribution < -0.4 is 5.32 Å². The average Bonchev–Trinajstić information content (AvgIpc) is 2.61. The van der Waals surface area contributed by atoms with Crippen LogP contribution in [-0.2, 0) is 14.3 Å². The molecule has 2 aromatic carbocycles. The Kier molecular flexibility index (Phi) is 7.41. The molecular weight excluding hydrogens is 350 g/mol. The van der Waals surface area contributed by atoms with E-state index in [9.17, 15) is 14.4 Å². The number of benzene rings is 2. The summed E-state index contributed by atoms with van der Waals surface area (Å²) in [4.78, 5) is 35.9. The highest BCUT2D eigenvalue weighted by Crippen LogP contribution is 2.19. The van der Waals surface area contributed by atoms with E-state index in [-0.39, 0.29) is 24.7 Å². The van der Waals surface area contributed by atoms with Gasteiger partial charge < -0.3 is 10.1 Å². The Labute approximate surface area is 157 Å². The molecule has 0 saturated carbocycles. The first kappa shape index (κ1) is 19.7. The molecule has 2 rings (SSSR count). The van der Waals surface area contributed by atoms with Gasteiger partial charge in [0.15, 0.2) is 12.4 Å². The monoisotopic (exact) mass is 371 g/mol. The molecule has 136 valence electrons. The molecule has 0 spiro atoms. The van der Waals surface area contributed by atoms with Crippen LogP contribution in [0, 0.1) is 6.92 Å². The third-order valence-electron chi connectivity index (χ3n) is 3.49. The van der Waals surface area contributed by atoms with E-state index in [0.29, 0.717) is 17.0 Å². The van der Waals surface area contributed by atoms with Crippen molar-refractivity contribution >= 4 is 35.1 Å². The predicted molar refractivity (Wildman–Crippen MR) is 103 cm³/mol. The average molecular weight is 371 g/mol. The molecule has 0 fully saturated rings. The van der Waals surface area contributed by atoms with Gasteiger partial charge in [0.2, 0.25) is 5.91 Å². The molecule has 26 heavy (non-hydrogen) atoms. The molecule has 0 heterocycles. The van der Waals surface area contributed by atoms with E-state index in [1.54, 1.807) is 36.0 Å². The van der Waals surface area contributed by atoms with Crippen LogP contribution in [0.5, 0.6) is 0 Å². The molecule has 0 aromatic heterocycles. The second-order valence-electron chi connectivity index (χ2n) is 5.75. The van der Waals surface area contributed by atoms with Crippen LogP contribution >= 0.6 is 11.8 Å². The third kappa shape index (κ3) is 6.72. The number of amides is 1. The topological polar surface area (TPSA) is 72.5 Å². The summed E-state index contributed by atoms with van der Waals surface area (Å²) < 4.78 is 5.04. The maximum absolute atomic E-state index is 12.0. The van der Waals surface area contributed by atoms with Crippen molar-refractivity contribution < 1.29 is 19.1 Å². The lowest BCUT2D eigenvalue weighted by molar-refractivity contribution is -0.142. The Morgan fingerprint density at radius 2 is 1.65 bits per heavy atom. The number of Topliss-reactive ketones (excluding diaryl/α,β-unsaturated/α-hetero) is 1. The number of rotatable bonds is 8. The van der Waals surface area contributed by atoms with Crippen LogP contribution in [0.4, 0.5) is 5.69 Å². The van der Waals surface area contributed by atoms with E-state index in [1.807, 2.05) is 31.2 Å². The van der Waals surface area contributed by atoms with Crippen molar-refractivity contribution in [1.29, 1.82) is 0 Å². The number of ketones is 1. The smallest absolute Gasteiger partial charge is 0.307 e. The lowest BCUT2D eigenvalue weighted by atomic mass is 10.1. The summed E-state index contributed by atoms with van der Waals surface area (Å²) in [6, 6.07) is 14.5. The van der Waals surface area contributed by atoms with E-state index in [2.05, 4.69) is 5.32 Å². The van der Waals surface area contributed by atoms with Gasteiger partial charge in [0, 0.05) is 28.8 Å². The standard InChI is InChI=1S/C20H21NO4S/c1-14-3-9-18(10-4-14)26-12-11-20(24)25-13-19(23)16-5-7-17(8-6-16)21-15(2)22/h3-10H,11-13H2,1-2H3,(H,21,22). The Morgan fingerprint density at radius 3 is 2.27 bits per heavy atom. The number of esters is 1. The third-order valence-corrected chi connectivity index (χ3v) is 4.50. The molecule has 0 unspecified atom stereocenters. The number of carbonyl (C=O) groups is 3. The van der Waals surface area contributed by atoms with E-state index < -0.39 is 5.97 Å². The fraction of sp³-hybridized carbons (Fsp3) is 0.250. The highest BCUT2D eigenvalue weighted by molar-refractivity contribution is 7.99. The van der Waals surface area contributed by atoms with Crippen molar-refractivity contribution in [3.8, 4) is 0 Å². The van der Waals surface area contributed by atoms with Crippen molar-refractivity contribution in [2.75, 3.05) is 17.7 Å². The van der Waals surface area contributed by atoms with Gasteiger partial charge in [-0.15, -0.1) is 11.8 Å². The Bertz CT molecular complexity index is 769. The molecule has 0 aliphatic carbocycles. The summed E-state index contributed by atoms with van der Waals surface area (Å²) in [6.45, 7) is 3.15. The number of nitrogens with one attached hydrogen (secondary N) is 1. The summed E-state index contributed by atoms with van der Waals surface area (Å²) >= 11 is 1.57. The molecule has 0 aliphatic heterocycles. The molecule has 0 bridgehead atoms. The Balaban J connectivity index is 1.71. The molecule has 6 heteroatoms. The number of anilines is 1. The number of hydrogen-bond donors (Lipinski definition) is 1. The van der Waals surface area contributed by atoms with Gasteiger partial charge in [0.05, 0.1) is 6.42 Å². The number of hydrogen-bond acceptors (Lipinski definition) is 5.